The lowest BCUT2D eigenvalue weighted by Crippen LogP contribution is -1.97. The van der Waals surface area contributed by atoms with Gasteiger partial charge in [0, 0.05) is 10.0 Å². The number of carbonyl (C=O) groups is 1. The molecule has 92 valence electrons. The first-order valence-electron chi connectivity index (χ1n) is 4.97. The molecule has 2 nitrogen and oxygen atoms in total. The van der Waals surface area contributed by atoms with Crippen molar-refractivity contribution in [2.24, 2.45) is 0 Å². The molecular formula is C13H7BrF2O2. The Labute approximate surface area is 110 Å². The molecular weight excluding hydrogens is 306 g/mol. The largest absolute Gasteiger partial charge is 0.478 e. The van der Waals surface area contributed by atoms with Crippen molar-refractivity contribution in [2.45, 2.75) is 0 Å². The monoisotopic (exact) mass is 312 g/mol. The third-order valence-electron chi connectivity index (χ3n) is 2.41. The van der Waals surface area contributed by atoms with Gasteiger partial charge in [0.1, 0.15) is 0 Å². The SMILES string of the molecule is O=C(O)c1cc(Br)cc(-c2cccc(F)c2F)c1. The summed E-state index contributed by atoms with van der Waals surface area (Å²) in [5, 5.41) is 8.92. The second-order valence-electron chi connectivity index (χ2n) is 3.64. The van der Waals surface area contributed by atoms with Crippen molar-refractivity contribution < 1.29 is 18.7 Å². The summed E-state index contributed by atoms with van der Waals surface area (Å²) in [6, 6.07) is 7.99. The van der Waals surface area contributed by atoms with Gasteiger partial charge in [-0.25, -0.2) is 13.6 Å². The number of hydrogen-bond acceptors (Lipinski definition) is 1. The normalized spacial score (nSPS) is 10.4. The lowest BCUT2D eigenvalue weighted by atomic mass is 10.0. The van der Waals surface area contributed by atoms with Crippen molar-refractivity contribution in [3.05, 3.63) is 58.1 Å². The van der Waals surface area contributed by atoms with E-state index in [2.05, 4.69) is 15.9 Å². The molecule has 2 aromatic carbocycles. The molecule has 0 radical (unpaired) electrons. The number of hydrogen-bond donors (Lipinski definition) is 1. The lowest BCUT2D eigenvalue weighted by molar-refractivity contribution is 0.0697. The van der Waals surface area contributed by atoms with Crippen molar-refractivity contribution in [1.29, 1.82) is 0 Å². The Bertz CT molecular complexity index is 626. The van der Waals surface area contributed by atoms with E-state index in [9.17, 15) is 13.6 Å². The zero-order chi connectivity index (χ0) is 13.3. The van der Waals surface area contributed by atoms with Crippen LogP contribution < -0.4 is 0 Å². The fourth-order valence-electron chi connectivity index (χ4n) is 1.60. The minimum Gasteiger partial charge on any atom is -0.478 e. The van der Waals surface area contributed by atoms with Crippen LogP contribution in [0.1, 0.15) is 10.4 Å². The van der Waals surface area contributed by atoms with Gasteiger partial charge in [0.05, 0.1) is 5.56 Å². The maximum atomic E-state index is 13.6. The van der Waals surface area contributed by atoms with Crippen molar-refractivity contribution in [1.82, 2.24) is 0 Å². The van der Waals surface area contributed by atoms with Gasteiger partial charge in [-0.1, -0.05) is 28.1 Å². The van der Waals surface area contributed by atoms with Gasteiger partial charge < -0.3 is 5.11 Å². The maximum Gasteiger partial charge on any atom is 0.335 e. The molecule has 0 bridgehead atoms. The number of carboxylic acid groups (broad SMARTS) is 1. The molecule has 5 heteroatoms. The smallest absolute Gasteiger partial charge is 0.335 e. The van der Waals surface area contributed by atoms with E-state index in [1.807, 2.05) is 0 Å². The Morgan fingerprint density at radius 1 is 1.17 bits per heavy atom. The molecule has 0 aromatic heterocycles. The molecule has 0 saturated heterocycles. The van der Waals surface area contributed by atoms with Crippen LogP contribution in [0.3, 0.4) is 0 Å². The Balaban J connectivity index is 2.64. The molecule has 0 spiro atoms. The average molecular weight is 313 g/mol. The third kappa shape index (κ3) is 2.41. The quantitative estimate of drug-likeness (QED) is 0.906. The summed E-state index contributed by atoms with van der Waals surface area (Å²) in [6.45, 7) is 0. The third-order valence-corrected chi connectivity index (χ3v) is 2.87. The van der Waals surface area contributed by atoms with E-state index in [0.29, 0.717) is 10.0 Å². The maximum absolute atomic E-state index is 13.6. The highest BCUT2D eigenvalue weighted by Crippen LogP contribution is 2.28. The van der Waals surface area contributed by atoms with Crippen LogP contribution in [0.4, 0.5) is 8.78 Å². The fourth-order valence-corrected chi connectivity index (χ4v) is 2.09. The van der Waals surface area contributed by atoms with Gasteiger partial charge in [-0.3, -0.25) is 0 Å². The van der Waals surface area contributed by atoms with Gasteiger partial charge in [0.15, 0.2) is 11.6 Å². The molecule has 0 aliphatic heterocycles. The second kappa shape index (κ2) is 4.86. The van der Waals surface area contributed by atoms with E-state index in [4.69, 9.17) is 5.11 Å². The summed E-state index contributed by atoms with van der Waals surface area (Å²) in [4.78, 5) is 10.9. The molecule has 18 heavy (non-hydrogen) atoms. The summed E-state index contributed by atoms with van der Waals surface area (Å²) in [7, 11) is 0. The Morgan fingerprint density at radius 3 is 2.56 bits per heavy atom. The Hall–Kier alpha value is -1.75. The van der Waals surface area contributed by atoms with Crippen LogP contribution in [-0.4, -0.2) is 11.1 Å². The predicted molar refractivity (Wildman–Crippen MR) is 66.5 cm³/mol. The first-order valence-corrected chi connectivity index (χ1v) is 5.76. The van der Waals surface area contributed by atoms with Crippen LogP contribution >= 0.6 is 15.9 Å². The highest BCUT2D eigenvalue weighted by Gasteiger charge is 2.12. The molecule has 2 rings (SSSR count). The van der Waals surface area contributed by atoms with Gasteiger partial charge in [-0.05, 0) is 29.8 Å². The molecule has 0 saturated carbocycles. The topological polar surface area (TPSA) is 37.3 Å². The van der Waals surface area contributed by atoms with Gasteiger partial charge >= 0.3 is 5.97 Å². The Kier molecular flexibility index (Phi) is 3.43. The predicted octanol–water partition coefficient (Wildman–Crippen LogP) is 4.09. The second-order valence-corrected chi connectivity index (χ2v) is 4.55. The Morgan fingerprint density at radius 2 is 1.89 bits per heavy atom. The minimum atomic E-state index is -1.13. The van der Waals surface area contributed by atoms with E-state index < -0.39 is 17.6 Å². The highest BCUT2D eigenvalue weighted by molar-refractivity contribution is 9.10. The molecule has 1 N–H and O–H groups in total. The molecule has 0 aliphatic carbocycles. The van der Waals surface area contributed by atoms with Crippen LogP contribution in [-0.2, 0) is 0 Å². The van der Waals surface area contributed by atoms with Gasteiger partial charge in [-0.2, -0.15) is 0 Å². The van der Waals surface area contributed by atoms with Gasteiger partial charge in [-0.15, -0.1) is 0 Å². The van der Waals surface area contributed by atoms with E-state index in [1.54, 1.807) is 0 Å². The number of carboxylic acids is 1. The van der Waals surface area contributed by atoms with E-state index in [1.165, 1.54) is 30.3 Å². The molecule has 0 unspecified atom stereocenters. The molecule has 0 amide bonds. The molecule has 0 atom stereocenters. The number of rotatable bonds is 2. The summed E-state index contributed by atoms with van der Waals surface area (Å²) in [5.74, 6) is -3.09. The average Bonchev–Trinajstić information content (AvgIpc) is 2.31. The van der Waals surface area contributed by atoms with Crippen LogP contribution in [0, 0.1) is 11.6 Å². The molecule has 0 fully saturated rings. The standard InChI is InChI=1S/C13H7BrF2O2/c14-9-5-7(4-8(6-9)13(17)18)10-2-1-3-11(15)12(10)16/h1-6H,(H,17,18). The highest BCUT2D eigenvalue weighted by atomic mass is 79.9. The summed E-state index contributed by atoms with van der Waals surface area (Å²) < 4.78 is 27.2. The molecule has 2 aromatic rings. The number of aromatic carboxylic acids is 1. The van der Waals surface area contributed by atoms with Gasteiger partial charge in [0.2, 0.25) is 0 Å². The first kappa shape index (κ1) is 12.7. The first-order chi connectivity index (χ1) is 8.49. The van der Waals surface area contributed by atoms with Crippen molar-refractivity contribution in [3.63, 3.8) is 0 Å². The number of benzene rings is 2. The van der Waals surface area contributed by atoms with Crippen LogP contribution in [0.15, 0.2) is 40.9 Å². The molecule has 0 heterocycles. The van der Waals surface area contributed by atoms with Gasteiger partial charge in [0.25, 0.3) is 0 Å². The van der Waals surface area contributed by atoms with Crippen molar-refractivity contribution in [2.75, 3.05) is 0 Å². The summed E-state index contributed by atoms with van der Waals surface area (Å²) in [5.41, 5.74) is 0.334. The van der Waals surface area contributed by atoms with E-state index in [0.717, 1.165) is 6.07 Å². The zero-order valence-corrected chi connectivity index (χ0v) is 10.5. The van der Waals surface area contributed by atoms with E-state index in [-0.39, 0.29) is 11.1 Å². The van der Waals surface area contributed by atoms with Crippen LogP contribution in [0.25, 0.3) is 11.1 Å². The zero-order valence-electron chi connectivity index (χ0n) is 8.95. The van der Waals surface area contributed by atoms with Crippen LogP contribution in [0.5, 0.6) is 0 Å². The summed E-state index contributed by atoms with van der Waals surface area (Å²) in [6.07, 6.45) is 0. The summed E-state index contributed by atoms with van der Waals surface area (Å²) >= 11 is 3.14. The lowest BCUT2D eigenvalue weighted by Gasteiger charge is -2.06. The van der Waals surface area contributed by atoms with Crippen molar-refractivity contribution >= 4 is 21.9 Å². The number of halogens is 3. The molecule has 0 aliphatic rings. The van der Waals surface area contributed by atoms with Crippen molar-refractivity contribution in [3.8, 4) is 11.1 Å². The fraction of sp³-hybridized carbons (Fsp3) is 0. The van der Waals surface area contributed by atoms with E-state index >= 15 is 0 Å². The minimum absolute atomic E-state index is 0.00281. The van der Waals surface area contributed by atoms with Crippen LogP contribution in [0.2, 0.25) is 0 Å².